The predicted molar refractivity (Wildman–Crippen MR) is 64.9 cm³/mol. The fourth-order valence-corrected chi connectivity index (χ4v) is 3.09. The third kappa shape index (κ3) is 2.20. The molecule has 0 spiro atoms. The number of rotatable bonds is 2. The number of nitrogens with one attached hydrogen (secondary N) is 1. The topological polar surface area (TPSA) is 64.3 Å². The van der Waals surface area contributed by atoms with Crippen molar-refractivity contribution in [2.45, 2.75) is 18.8 Å². The van der Waals surface area contributed by atoms with Gasteiger partial charge in [-0.3, -0.25) is 0 Å². The minimum Gasteiger partial charge on any atom is -0.465 e. The summed E-state index contributed by atoms with van der Waals surface area (Å²) >= 11 is 1.51. The van der Waals surface area contributed by atoms with E-state index in [-0.39, 0.29) is 5.97 Å². The van der Waals surface area contributed by atoms with Crippen LogP contribution >= 0.6 is 11.3 Å². The Hall–Kier alpha value is -1.07. The third-order valence-electron chi connectivity index (χ3n) is 2.93. The number of hydrogen-bond donors (Lipinski definition) is 2. The molecular formula is C11H16N2O2S. The lowest BCUT2D eigenvalue weighted by Crippen LogP contribution is -2.26. The van der Waals surface area contributed by atoms with Crippen LogP contribution in [0.3, 0.4) is 0 Å². The number of nitrogen functional groups attached to an aromatic ring is 1. The first-order valence-electron chi connectivity index (χ1n) is 5.40. The van der Waals surface area contributed by atoms with E-state index in [0.717, 1.165) is 25.9 Å². The Morgan fingerprint density at radius 3 is 2.88 bits per heavy atom. The van der Waals surface area contributed by atoms with E-state index in [4.69, 9.17) is 10.5 Å². The quantitative estimate of drug-likeness (QED) is 0.770. The van der Waals surface area contributed by atoms with Crippen molar-refractivity contribution in [1.29, 1.82) is 0 Å². The number of piperidine rings is 1. The zero-order chi connectivity index (χ0) is 11.5. The van der Waals surface area contributed by atoms with Crippen molar-refractivity contribution in [2.75, 3.05) is 25.9 Å². The molecule has 1 aliphatic heterocycles. The van der Waals surface area contributed by atoms with Crippen LogP contribution in [0, 0.1) is 0 Å². The molecule has 0 amide bonds. The highest BCUT2D eigenvalue weighted by Gasteiger charge is 2.21. The SMILES string of the molecule is COC(=O)c1cc(C2CCNCC2)sc1N. The van der Waals surface area contributed by atoms with Gasteiger partial charge in [0.1, 0.15) is 5.00 Å². The van der Waals surface area contributed by atoms with E-state index in [0.29, 0.717) is 16.5 Å². The highest BCUT2D eigenvalue weighted by atomic mass is 32.1. The molecule has 1 fully saturated rings. The van der Waals surface area contributed by atoms with Crippen molar-refractivity contribution in [3.63, 3.8) is 0 Å². The van der Waals surface area contributed by atoms with E-state index in [1.54, 1.807) is 0 Å². The Balaban J connectivity index is 2.19. The molecule has 2 rings (SSSR count). The number of hydrogen-bond acceptors (Lipinski definition) is 5. The number of esters is 1. The fraction of sp³-hybridized carbons (Fsp3) is 0.545. The first kappa shape index (κ1) is 11.4. The van der Waals surface area contributed by atoms with Crippen molar-refractivity contribution in [3.8, 4) is 0 Å². The van der Waals surface area contributed by atoms with Crippen LogP contribution in [0.2, 0.25) is 0 Å². The van der Waals surface area contributed by atoms with Gasteiger partial charge < -0.3 is 15.8 Å². The molecule has 16 heavy (non-hydrogen) atoms. The summed E-state index contributed by atoms with van der Waals surface area (Å²) in [7, 11) is 1.38. The molecule has 2 heterocycles. The summed E-state index contributed by atoms with van der Waals surface area (Å²) in [5, 5.41) is 3.89. The molecule has 0 radical (unpaired) electrons. The van der Waals surface area contributed by atoms with E-state index < -0.39 is 0 Å². The van der Waals surface area contributed by atoms with Gasteiger partial charge in [0, 0.05) is 4.88 Å². The number of carbonyl (C=O) groups excluding carboxylic acids is 1. The molecule has 3 N–H and O–H groups in total. The van der Waals surface area contributed by atoms with Crippen molar-refractivity contribution >= 4 is 22.3 Å². The van der Waals surface area contributed by atoms with Gasteiger partial charge in [0.15, 0.2) is 0 Å². The maximum absolute atomic E-state index is 11.4. The lowest BCUT2D eigenvalue weighted by atomic mass is 9.96. The van der Waals surface area contributed by atoms with Gasteiger partial charge in [0.05, 0.1) is 12.7 Å². The van der Waals surface area contributed by atoms with Gasteiger partial charge >= 0.3 is 5.97 Å². The highest BCUT2D eigenvalue weighted by molar-refractivity contribution is 7.16. The second-order valence-electron chi connectivity index (χ2n) is 3.94. The maximum Gasteiger partial charge on any atom is 0.340 e. The molecule has 0 atom stereocenters. The van der Waals surface area contributed by atoms with Crippen LogP contribution in [0.4, 0.5) is 5.00 Å². The molecule has 4 nitrogen and oxygen atoms in total. The lowest BCUT2D eigenvalue weighted by Gasteiger charge is -2.21. The van der Waals surface area contributed by atoms with Gasteiger partial charge in [-0.05, 0) is 37.9 Å². The molecule has 1 saturated heterocycles. The Kier molecular flexibility index (Phi) is 3.46. The monoisotopic (exact) mass is 240 g/mol. The molecule has 1 aliphatic rings. The standard InChI is InChI=1S/C11H16N2O2S/c1-15-11(14)8-6-9(16-10(8)12)7-2-4-13-5-3-7/h6-7,13H,2-5,12H2,1H3. The molecule has 0 unspecified atom stereocenters. The second kappa shape index (κ2) is 4.84. The summed E-state index contributed by atoms with van der Waals surface area (Å²) in [6.45, 7) is 2.08. The number of carbonyl (C=O) groups is 1. The average molecular weight is 240 g/mol. The van der Waals surface area contributed by atoms with Crippen LogP contribution in [0.25, 0.3) is 0 Å². The summed E-state index contributed by atoms with van der Waals surface area (Å²) in [6, 6.07) is 1.89. The van der Waals surface area contributed by atoms with E-state index in [2.05, 4.69) is 5.32 Å². The summed E-state index contributed by atoms with van der Waals surface area (Å²) in [4.78, 5) is 12.6. The van der Waals surface area contributed by atoms with Crippen molar-refractivity contribution in [1.82, 2.24) is 5.32 Å². The molecule has 5 heteroatoms. The van der Waals surface area contributed by atoms with E-state index in [1.165, 1.54) is 23.3 Å². The van der Waals surface area contributed by atoms with Gasteiger partial charge in [0.2, 0.25) is 0 Å². The number of nitrogens with two attached hydrogens (primary N) is 1. The number of anilines is 1. The average Bonchev–Trinajstić information content (AvgIpc) is 2.71. The number of ether oxygens (including phenoxy) is 1. The van der Waals surface area contributed by atoms with Crippen LogP contribution in [0.5, 0.6) is 0 Å². The molecule has 0 saturated carbocycles. The molecular weight excluding hydrogens is 224 g/mol. The first-order valence-corrected chi connectivity index (χ1v) is 6.22. The molecule has 0 bridgehead atoms. The largest absolute Gasteiger partial charge is 0.465 e. The molecule has 0 aliphatic carbocycles. The van der Waals surface area contributed by atoms with E-state index in [1.807, 2.05) is 6.07 Å². The first-order chi connectivity index (χ1) is 7.72. The summed E-state index contributed by atoms with van der Waals surface area (Å²) < 4.78 is 4.69. The zero-order valence-electron chi connectivity index (χ0n) is 9.29. The van der Waals surface area contributed by atoms with Crippen molar-refractivity contribution in [2.24, 2.45) is 0 Å². The van der Waals surface area contributed by atoms with Crippen LogP contribution in [0.1, 0.15) is 34.0 Å². The molecule has 1 aromatic rings. The van der Waals surface area contributed by atoms with Crippen molar-refractivity contribution < 1.29 is 9.53 Å². The fourth-order valence-electron chi connectivity index (χ4n) is 2.00. The molecule has 0 aromatic carbocycles. The smallest absolute Gasteiger partial charge is 0.340 e. The Labute approximate surface area is 98.8 Å². The van der Waals surface area contributed by atoms with E-state index >= 15 is 0 Å². The number of methoxy groups -OCH3 is 1. The highest BCUT2D eigenvalue weighted by Crippen LogP contribution is 2.35. The third-order valence-corrected chi connectivity index (χ3v) is 4.05. The van der Waals surface area contributed by atoms with Gasteiger partial charge in [-0.2, -0.15) is 0 Å². The second-order valence-corrected chi connectivity index (χ2v) is 5.06. The van der Waals surface area contributed by atoms with Crippen LogP contribution in [-0.4, -0.2) is 26.2 Å². The molecule has 1 aromatic heterocycles. The number of thiophene rings is 1. The van der Waals surface area contributed by atoms with Crippen LogP contribution in [0.15, 0.2) is 6.07 Å². The van der Waals surface area contributed by atoms with Gasteiger partial charge in [0.25, 0.3) is 0 Å². The normalized spacial score (nSPS) is 17.3. The lowest BCUT2D eigenvalue weighted by molar-refractivity contribution is 0.0602. The van der Waals surface area contributed by atoms with Gasteiger partial charge in [-0.1, -0.05) is 0 Å². The Morgan fingerprint density at radius 2 is 2.25 bits per heavy atom. The minimum absolute atomic E-state index is 0.339. The molecule has 88 valence electrons. The van der Waals surface area contributed by atoms with Gasteiger partial charge in [-0.25, -0.2) is 4.79 Å². The van der Waals surface area contributed by atoms with Crippen molar-refractivity contribution in [3.05, 3.63) is 16.5 Å². The summed E-state index contributed by atoms with van der Waals surface area (Å²) in [5.41, 5.74) is 6.34. The van der Waals surface area contributed by atoms with E-state index in [9.17, 15) is 4.79 Å². The van der Waals surface area contributed by atoms with Gasteiger partial charge in [-0.15, -0.1) is 11.3 Å². The predicted octanol–water partition coefficient (Wildman–Crippen LogP) is 1.58. The van der Waals surface area contributed by atoms with Crippen LogP contribution < -0.4 is 11.1 Å². The Morgan fingerprint density at radius 1 is 1.56 bits per heavy atom. The maximum atomic E-state index is 11.4. The minimum atomic E-state index is -0.339. The summed E-state index contributed by atoms with van der Waals surface area (Å²) in [5.74, 6) is 0.195. The van der Waals surface area contributed by atoms with Crippen LogP contribution in [-0.2, 0) is 4.74 Å². The zero-order valence-corrected chi connectivity index (χ0v) is 10.1. The summed E-state index contributed by atoms with van der Waals surface area (Å²) in [6.07, 6.45) is 2.22. The Bertz CT molecular complexity index is 383.